The molecule has 0 aliphatic carbocycles. The Labute approximate surface area is 94.6 Å². The fraction of sp³-hybridized carbons (Fsp3) is 0.250. The number of nitrogens with zero attached hydrogens (tertiary/aromatic N) is 5. The molecule has 78 valence electrons. The number of rotatable bonds is 3. The highest BCUT2D eigenvalue weighted by Gasteiger charge is 2.06. The summed E-state index contributed by atoms with van der Waals surface area (Å²) in [6, 6.07) is 3.71. The van der Waals surface area contributed by atoms with Crippen LogP contribution in [0.4, 0.5) is 0 Å². The van der Waals surface area contributed by atoms with E-state index in [4.69, 9.17) is 5.73 Å². The van der Waals surface area contributed by atoms with Crippen LogP contribution < -0.4 is 5.73 Å². The van der Waals surface area contributed by atoms with Crippen LogP contribution in [-0.2, 0) is 6.54 Å². The van der Waals surface area contributed by atoms with Gasteiger partial charge in [0.05, 0.1) is 6.54 Å². The Hall–Kier alpha value is -1.34. The average molecular weight is 269 g/mol. The molecule has 6 nitrogen and oxygen atoms in total. The van der Waals surface area contributed by atoms with Gasteiger partial charge in [0.25, 0.3) is 0 Å². The van der Waals surface area contributed by atoms with Crippen molar-refractivity contribution in [1.29, 1.82) is 0 Å². The molecule has 0 aliphatic heterocycles. The molecule has 0 aromatic carbocycles. The predicted octanol–water partition coefficient (Wildman–Crippen LogP) is 0.456. The smallest absolute Gasteiger partial charge is 0.223 e. The van der Waals surface area contributed by atoms with E-state index < -0.39 is 0 Å². The molecule has 2 N–H and O–H groups in total. The van der Waals surface area contributed by atoms with Crippen LogP contribution in [0.5, 0.6) is 0 Å². The van der Waals surface area contributed by atoms with Gasteiger partial charge in [0.2, 0.25) is 5.82 Å². The maximum absolute atomic E-state index is 5.38. The molecule has 15 heavy (non-hydrogen) atoms. The van der Waals surface area contributed by atoms with E-state index in [1.54, 1.807) is 6.20 Å². The summed E-state index contributed by atoms with van der Waals surface area (Å²) in [5.74, 6) is 0.510. The standard InChI is InChI=1S/C8H9BrN6/c9-6-1-2-7(11-5-6)8-12-14-15(13-8)4-3-10/h1-2,5H,3-4,10H2. The minimum atomic E-state index is 0.490. The molecule has 0 saturated heterocycles. The van der Waals surface area contributed by atoms with Crippen LogP contribution in [0.25, 0.3) is 11.5 Å². The van der Waals surface area contributed by atoms with Crippen LogP contribution in [0.15, 0.2) is 22.8 Å². The third kappa shape index (κ3) is 2.37. The minimum Gasteiger partial charge on any atom is -0.329 e. The van der Waals surface area contributed by atoms with E-state index in [9.17, 15) is 0 Å². The van der Waals surface area contributed by atoms with Gasteiger partial charge >= 0.3 is 0 Å². The highest BCUT2D eigenvalue weighted by Crippen LogP contribution is 2.13. The van der Waals surface area contributed by atoms with Crippen LogP contribution >= 0.6 is 15.9 Å². The number of halogens is 1. The van der Waals surface area contributed by atoms with Gasteiger partial charge in [-0.25, -0.2) is 0 Å². The third-order valence-corrected chi connectivity index (χ3v) is 2.21. The molecule has 0 radical (unpaired) electrons. The molecule has 0 bridgehead atoms. The molecule has 0 unspecified atom stereocenters. The molecule has 2 rings (SSSR count). The molecule has 0 aliphatic rings. The number of pyridine rings is 1. The number of tetrazole rings is 1. The first-order chi connectivity index (χ1) is 7.29. The first kappa shape index (κ1) is 10.2. The number of hydrogen-bond acceptors (Lipinski definition) is 5. The lowest BCUT2D eigenvalue weighted by molar-refractivity contribution is 0.531. The Bertz CT molecular complexity index is 437. The molecular formula is C8H9BrN6. The van der Waals surface area contributed by atoms with Crippen LogP contribution in [0, 0.1) is 0 Å². The van der Waals surface area contributed by atoms with Crippen LogP contribution in [0.3, 0.4) is 0 Å². The van der Waals surface area contributed by atoms with Crippen LogP contribution in [0.2, 0.25) is 0 Å². The van der Waals surface area contributed by atoms with Crippen LogP contribution in [0.1, 0.15) is 0 Å². The van der Waals surface area contributed by atoms with Gasteiger partial charge in [-0.05, 0) is 33.3 Å². The van der Waals surface area contributed by atoms with Gasteiger partial charge < -0.3 is 5.73 Å². The van der Waals surface area contributed by atoms with Gasteiger partial charge in [0, 0.05) is 17.2 Å². The summed E-state index contributed by atoms with van der Waals surface area (Å²) in [6.45, 7) is 1.05. The van der Waals surface area contributed by atoms with Gasteiger partial charge in [-0.3, -0.25) is 4.98 Å². The third-order valence-electron chi connectivity index (χ3n) is 1.74. The number of nitrogens with two attached hydrogens (primary N) is 1. The zero-order valence-electron chi connectivity index (χ0n) is 7.84. The van der Waals surface area contributed by atoms with Gasteiger partial charge in [-0.15, -0.1) is 10.2 Å². The maximum Gasteiger partial charge on any atom is 0.223 e. The Morgan fingerprint density at radius 3 is 2.93 bits per heavy atom. The van der Waals surface area contributed by atoms with Gasteiger partial charge in [-0.2, -0.15) is 4.80 Å². The van der Waals surface area contributed by atoms with E-state index in [1.165, 1.54) is 4.80 Å². The number of aromatic nitrogens is 5. The van der Waals surface area contributed by atoms with Crippen molar-refractivity contribution in [2.75, 3.05) is 6.54 Å². The molecule has 0 saturated carbocycles. The van der Waals surface area contributed by atoms with Gasteiger partial charge in [0.1, 0.15) is 5.69 Å². The van der Waals surface area contributed by atoms with E-state index >= 15 is 0 Å². The SMILES string of the molecule is NCCn1nnc(-c2ccc(Br)cn2)n1. The quantitative estimate of drug-likeness (QED) is 0.875. The maximum atomic E-state index is 5.38. The van der Waals surface area contributed by atoms with Crippen molar-refractivity contribution >= 4 is 15.9 Å². The summed E-state index contributed by atoms with van der Waals surface area (Å²) in [5, 5.41) is 11.9. The molecule has 0 amide bonds. The normalized spacial score (nSPS) is 10.5. The van der Waals surface area contributed by atoms with E-state index in [0.717, 1.165) is 4.47 Å². The molecule has 0 spiro atoms. The first-order valence-electron chi connectivity index (χ1n) is 4.39. The topological polar surface area (TPSA) is 82.5 Å². The monoisotopic (exact) mass is 268 g/mol. The highest BCUT2D eigenvalue weighted by molar-refractivity contribution is 9.10. The molecule has 7 heteroatoms. The van der Waals surface area contributed by atoms with Crippen molar-refractivity contribution in [2.45, 2.75) is 6.54 Å². The summed E-state index contributed by atoms with van der Waals surface area (Å²) in [6.07, 6.45) is 1.69. The Morgan fingerprint density at radius 1 is 1.40 bits per heavy atom. The van der Waals surface area contributed by atoms with Gasteiger partial charge in [0.15, 0.2) is 0 Å². The highest BCUT2D eigenvalue weighted by atomic mass is 79.9. The molecule has 0 atom stereocenters. The molecule has 2 aromatic rings. The van der Waals surface area contributed by atoms with Gasteiger partial charge in [-0.1, -0.05) is 0 Å². The summed E-state index contributed by atoms with van der Waals surface area (Å²) >= 11 is 3.31. The minimum absolute atomic E-state index is 0.490. The second kappa shape index (κ2) is 4.45. The Balaban J connectivity index is 2.25. The lowest BCUT2D eigenvalue weighted by Gasteiger charge is -1.93. The summed E-state index contributed by atoms with van der Waals surface area (Å²) in [7, 11) is 0. The fourth-order valence-corrected chi connectivity index (χ4v) is 1.30. The van der Waals surface area contributed by atoms with E-state index in [1.807, 2.05) is 12.1 Å². The first-order valence-corrected chi connectivity index (χ1v) is 5.18. The van der Waals surface area contributed by atoms with Crippen molar-refractivity contribution in [3.63, 3.8) is 0 Å². The van der Waals surface area contributed by atoms with Crippen LogP contribution in [-0.4, -0.2) is 31.7 Å². The molecule has 2 heterocycles. The molecular weight excluding hydrogens is 260 g/mol. The van der Waals surface area contributed by atoms with E-state index in [0.29, 0.717) is 24.6 Å². The second-order valence-corrected chi connectivity index (χ2v) is 3.77. The van der Waals surface area contributed by atoms with E-state index in [2.05, 4.69) is 36.3 Å². The van der Waals surface area contributed by atoms with Crippen molar-refractivity contribution in [2.24, 2.45) is 5.73 Å². The lowest BCUT2D eigenvalue weighted by atomic mass is 10.3. The van der Waals surface area contributed by atoms with Crippen molar-refractivity contribution in [3.8, 4) is 11.5 Å². The Kier molecular flexibility index (Phi) is 3.02. The predicted molar refractivity (Wildman–Crippen MR) is 57.8 cm³/mol. The summed E-state index contributed by atoms with van der Waals surface area (Å²) in [4.78, 5) is 5.62. The summed E-state index contributed by atoms with van der Waals surface area (Å²) in [5.41, 5.74) is 6.07. The van der Waals surface area contributed by atoms with Crippen molar-refractivity contribution < 1.29 is 0 Å². The zero-order valence-corrected chi connectivity index (χ0v) is 9.42. The molecule has 0 fully saturated rings. The van der Waals surface area contributed by atoms with Crippen molar-refractivity contribution in [3.05, 3.63) is 22.8 Å². The van der Waals surface area contributed by atoms with E-state index in [-0.39, 0.29) is 0 Å². The largest absolute Gasteiger partial charge is 0.329 e. The Morgan fingerprint density at radius 2 is 2.27 bits per heavy atom. The average Bonchev–Trinajstić information content (AvgIpc) is 2.68. The second-order valence-electron chi connectivity index (χ2n) is 2.86. The summed E-state index contributed by atoms with van der Waals surface area (Å²) < 4.78 is 0.917. The lowest BCUT2D eigenvalue weighted by Crippen LogP contribution is -2.12. The van der Waals surface area contributed by atoms with Crippen molar-refractivity contribution in [1.82, 2.24) is 25.2 Å². The fourth-order valence-electron chi connectivity index (χ4n) is 1.06. The zero-order chi connectivity index (χ0) is 10.7. The number of hydrogen-bond donors (Lipinski definition) is 1. The molecule has 2 aromatic heterocycles.